The molecule has 3 amide bonds. The smallest absolute Gasteiger partial charge is 0.276 e. The lowest BCUT2D eigenvalue weighted by Crippen LogP contribution is -2.28. The van der Waals surface area contributed by atoms with Crippen molar-refractivity contribution in [3.05, 3.63) is 88.7 Å². The van der Waals surface area contributed by atoms with E-state index in [1.165, 1.54) is 17.0 Å². The number of carbonyl (C=O) groups excluding carboxylic acids is 3. The Kier molecular flexibility index (Phi) is 5.67. The number of hydrogen-bond donors (Lipinski definition) is 1. The summed E-state index contributed by atoms with van der Waals surface area (Å²) in [7, 11) is 0. The summed E-state index contributed by atoms with van der Waals surface area (Å²) >= 11 is 5.83. The van der Waals surface area contributed by atoms with Gasteiger partial charge in [0.25, 0.3) is 5.91 Å². The number of hydrogen-bond acceptors (Lipinski definition) is 4. The molecule has 2 aromatic rings. The monoisotopic (exact) mass is 476 g/mol. The molecule has 0 saturated carbocycles. The number of amides is 3. The number of azo groups is 1. The van der Waals surface area contributed by atoms with Gasteiger partial charge in [-0.2, -0.15) is 0 Å². The molecule has 1 aliphatic carbocycles. The molecule has 0 radical (unpaired) electrons. The molecule has 7 nitrogen and oxygen atoms in total. The Hall–Kier alpha value is -3.91. The molecule has 0 bridgehead atoms. The second-order valence-electron chi connectivity index (χ2n) is 8.11. The zero-order chi connectivity index (χ0) is 23.8. The minimum absolute atomic E-state index is 0.0260. The van der Waals surface area contributed by atoms with Crippen LogP contribution in [0.4, 0.5) is 15.8 Å². The van der Waals surface area contributed by atoms with Crippen molar-refractivity contribution in [3.8, 4) is 0 Å². The molecule has 2 heterocycles. The number of nitrogens with zero attached hydrogens (tertiary/aromatic N) is 3. The maximum Gasteiger partial charge on any atom is 0.276 e. The molecule has 1 fully saturated rings. The largest absolute Gasteiger partial charge is 0.326 e. The fourth-order valence-electron chi connectivity index (χ4n) is 4.20. The maximum absolute atomic E-state index is 14.3. The molecule has 5 rings (SSSR count). The average molecular weight is 477 g/mol. The average Bonchev–Trinajstić information content (AvgIpc) is 3.23. The van der Waals surface area contributed by atoms with Crippen LogP contribution in [0.3, 0.4) is 0 Å². The van der Waals surface area contributed by atoms with E-state index in [9.17, 15) is 18.8 Å². The second kappa shape index (κ2) is 8.79. The summed E-state index contributed by atoms with van der Waals surface area (Å²) < 4.78 is 14.3. The lowest BCUT2D eigenvalue weighted by atomic mass is 9.89. The topological polar surface area (TPSA) is 91.2 Å². The number of halogens is 2. The molecule has 0 spiro atoms. The number of benzene rings is 2. The van der Waals surface area contributed by atoms with Crippen molar-refractivity contribution in [2.75, 3.05) is 16.8 Å². The van der Waals surface area contributed by atoms with Gasteiger partial charge >= 0.3 is 0 Å². The zero-order valence-corrected chi connectivity index (χ0v) is 18.5. The van der Waals surface area contributed by atoms with Crippen molar-refractivity contribution in [1.82, 2.24) is 0 Å². The van der Waals surface area contributed by atoms with E-state index < -0.39 is 17.7 Å². The Labute approximate surface area is 199 Å². The predicted molar refractivity (Wildman–Crippen MR) is 125 cm³/mol. The van der Waals surface area contributed by atoms with Gasteiger partial charge in [-0.25, -0.2) is 4.39 Å². The van der Waals surface area contributed by atoms with Gasteiger partial charge in [-0.05, 0) is 29.8 Å². The van der Waals surface area contributed by atoms with Gasteiger partial charge in [-0.3, -0.25) is 14.4 Å². The Bertz CT molecular complexity index is 1330. The van der Waals surface area contributed by atoms with Crippen LogP contribution in [0.1, 0.15) is 12.0 Å². The summed E-state index contributed by atoms with van der Waals surface area (Å²) in [6.45, 7) is 0.0614. The predicted octanol–water partition coefficient (Wildman–Crippen LogP) is 4.92. The Morgan fingerprint density at radius 2 is 1.88 bits per heavy atom. The van der Waals surface area contributed by atoms with Crippen molar-refractivity contribution in [3.63, 3.8) is 0 Å². The van der Waals surface area contributed by atoms with Crippen LogP contribution in [0.5, 0.6) is 0 Å². The van der Waals surface area contributed by atoms with Crippen LogP contribution in [0.2, 0.25) is 5.02 Å². The number of fused-ring (bicyclic) bond motifs is 1. The molecule has 170 valence electrons. The summed E-state index contributed by atoms with van der Waals surface area (Å²) in [4.78, 5) is 38.5. The molecular weight excluding hydrogens is 459 g/mol. The van der Waals surface area contributed by atoms with Gasteiger partial charge in [0.2, 0.25) is 11.8 Å². The SMILES string of the molecule is O=C(Nc1ccc(C2=C3C=CC=CC3C(=O)N=N2)cc1)C1CC(=O)N(c2cccc(Cl)c2F)C1. The van der Waals surface area contributed by atoms with Crippen molar-refractivity contribution >= 4 is 46.4 Å². The van der Waals surface area contributed by atoms with Crippen molar-refractivity contribution in [1.29, 1.82) is 0 Å². The quantitative estimate of drug-likeness (QED) is 0.679. The fourth-order valence-corrected chi connectivity index (χ4v) is 4.37. The molecule has 1 N–H and O–H groups in total. The van der Waals surface area contributed by atoms with E-state index in [1.807, 2.05) is 12.2 Å². The number of carbonyl (C=O) groups is 3. The van der Waals surface area contributed by atoms with Crippen LogP contribution in [-0.4, -0.2) is 24.3 Å². The van der Waals surface area contributed by atoms with E-state index in [1.54, 1.807) is 42.5 Å². The first kappa shape index (κ1) is 21.9. The molecule has 9 heteroatoms. The molecule has 0 aromatic heterocycles. The van der Waals surface area contributed by atoms with Crippen LogP contribution in [0.15, 0.2) is 82.6 Å². The number of rotatable bonds is 4. The molecule has 2 atom stereocenters. The van der Waals surface area contributed by atoms with Gasteiger partial charge < -0.3 is 10.2 Å². The zero-order valence-electron chi connectivity index (χ0n) is 17.7. The number of nitrogens with one attached hydrogen (secondary N) is 1. The van der Waals surface area contributed by atoms with Gasteiger partial charge in [0.15, 0.2) is 5.82 Å². The van der Waals surface area contributed by atoms with Crippen LogP contribution in [0.25, 0.3) is 5.70 Å². The molecule has 2 aromatic carbocycles. The van der Waals surface area contributed by atoms with E-state index in [0.29, 0.717) is 11.4 Å². The number of allylic oxidation sites excluding steroid dienone is 3. The summed E-state index contributed by atoms with van der Waals surface area (Å²) in [5.41, 5.74) is 2.74. The van der Waals surface area contributed by atoms with Crippen molar-refractivity contribution in [2.24, 2.45) is 22.1 Å². The van der Waals surface area contributed by atoms with E-state index in [-0.39, 0.29) is 41.4 Å². The van der Waals surface area contributed by atoms with Gasteiger partial charge in [-0.1, -0.05) is 54.1 Å². The molecule has 2 aliphatic heterocycles. The van der Waals surface area contributed by atoms with Crippen molar-refractivity contribution in [2.45, 2.75) is 6.42 Å². The van der Waals surface area contributed by atoms with Gasteiger partial charge in [-0.15, -0.1) is 10.2 Å². The Morgan fingerprint density at radius 3 is 2.68 bits per heavy atom. The summed E-state index contributed by atoms with van der Waals surface area (Å²) in [5.74, 6) is -2.74. The highest BCUT2D eigenvalue weighted by atomic mass is 35.5. The molecule has 1 saturated heterocycles. The van der Waals surface area contributed by atoms with Crippen LogP contribution in [-0.2, 0) is 14.4 Å². The van der Waals surface area contributed by atoms with Gasteiger partial charge in [0.05, 0.1) is 28.2 Å². The number of anilines is 2. The summed E-state index contributed by atoms with van der Waals surface area (Å²) in [6.07, 6.45) is 7.25. The lowest BCUT2D eigenvalue weighted by Gasteiger charge is -2.19. The molecule has 34 heavy (non-hydrogen) atoms. The first-order chi connectivity index (χ1) is 16.4. The fraction of sp³-hybridized carbons (Fsp3) is 0.160. The molecule has 2 unspecified atom stereocenters. The Morgan fingerprint density at radius 1 is 1.09 bits per heavy atom. The normalized spacial score (nSPS) is 21.3. The second-order valence-corrected chi connectivity index (χ2v) is 8.52. The van der Waals surface area contributed by atoms with E-state index in [2.05, 4.69) is 15.5 Å². The molecule has 3 aliphatic rings. The Balaban J connectivity index is 1.29. The third-order valence-electron chi connectivity index (χ3n) is 5.96. The van der Waals surface area contributed by atoms with Crippen LogP contribution < -0.4 is 10.2 Å². The first-order valence-corrected chi connectivity index (χ1v) is 11.0. The van der Waals surface area contributed by atoms with Gasteiger partial charge in [0, 0.05) is 24.2 Å². The lowest BCUT2D eigenvalue weighted by molar-refractivity contribution is -0.122. The van der Waals surface area contributed by atoms with E-state index in [4.69, 9.17) is 11.6 Å². The van der Waals surface area contributed by atoms with Gasteiger partial charge in [0.1, 0.15) is 0 Å². The van der Waals surface area contributed by atoms with E-state index >= 15 is 0 Å². The highest BCUT2D eigenvalue weighted by Crippen LogP contribution is 2.35. The first-order valence-electron chi connectivity index (χ1n) is 10.6. The highest BCUT2D eigenvalue weighted by Gasteiger charge is 2.36. The standard InChI is InChI=1S/C25H18ClFN4O3/c26-19-6-3-7-20(22(19)27)31-13-15(12-21(31)32)24(33)28-16-10-8-14(9-11-16)23-17-4-1-2-5-18(17)25(34)30-29-23/h1-11,15,18H,12-13H2,(H,28,33). The third kappa shape index (κ3) is 3.97. The minimum atomic E-state index is -0.684. The molecular formula is C25H18ClFN4O3. The summed E-state index contributed by atoms with van der Waals surface area (Å²) in [6, 6.07) is 11.4. The van der Waals surface area contributed by atoms with Crippen LogP contribution in [0, 0.1) is 17.7 Å². The van der Waals surface area contributed by atoms with Crippen LogP contribution >= 0.6 is 11.6 Å². The van der Waals surface area contributed by atoms with E-state index in [0.717, 1.165) is 11.1 Å². The third-order valence-corrected chi connectivity index (χ3v) is 6.25. The maximum atomic E-state index is 14.3. The highest BCUT2D eigenvalue weighted by molar-refractivity contribution is 6.31. The van der Waals surface area contributed by atoms with Crippen molar-refractivity contribution < 1.29 is 18.8 Å². The summed E-state index contributed by atoms with van der Waals surface area (Å²) in [5, 5.41) is 10.6. The minimum Gasteiger partial charge on any atom is -0.326 e.